The fourth-order valence-corrected chi connectivity index (χ4v) is 4.73. The van der Waals surface area contributed by atoms with Crippen LogP contribution >= 0.6 is 11.6 Å². The van der Waals surface area contributed by atoms with Crippen LogP contribution in [0.15, 0.2) is 84.9 Å². The van der Waals surface area contributed by atoms with Gasteiger partial charge in [0, 0.05) is 68.4 Å². The van der Waals surface area contributed by atoms with E-state index >= 15 is 0 Å². The Balaban J connectivity index is 1.27. The molecule has 2 amide bonds. The molecule has 3 aromatic carbocycles. The lowest BCUT2D eigenvalue weighted by atomic mass is 10.0. The van der Waals surface area contributed by atoms with Gasteiger partial charge < -0.3 is 20.4 Å². The third kappa shape index (κ3) is 6.76. The number of benzene rings is 3. The van der Waals surface area contributed by atoms with E-state index in [0.717, 1.165) is 22.5 Å². The van der Waals surface area contributed by atoms with Crippen LogP contribution in [0.2, 0.25) is 5.02 Å². The number of nitrogens with zero attached hydrogens (tertiary/aromatic N) is 4. The number of aromatic nitrogens is 2. The number of piperazine rings is 1. The van der Waals surface area contributed by atoms with Crippen molar-refractivity contribution in [3.63, 3.8) is 0 Å². The number of rotatable bonds is 8. The number of carbonyl (C=O) groups is 2. The summed E-state index contributed by atoms with van der Waals surface area (Å²) in [5, 5.41) is 6.70. The number of anilines is 2. The standard InChI is InChI=1S/C31H31ClN6O2/c1-22(39)33-15-16-34-28-21-29(36-30(35-28)25-11-13-27(32)14-12-25)37-17-19-38(20-18-37)31(40)26-9-7-24(8-10-26)23-5-3-2-4-6-23/h2-14,21H,15-20H2,1H3,(H,33,39)(H,34,35,36). The van der Waals surface area contributed by atoms with Crippen LogP contribution in [-0.2, 0) is 4.79 Å². The van der Waals surface area contributed by atoms with Crippen molar-refractivity contribution in [1.82, 2.24) is 20.2 Å². The van der Waals surface area contributed by atoms with Crippen molar-refractivity contribution in [2.75, 3.05) is 49.5 Å². The molecule has 1 aromatic heterocycles. The van der Waals surface area contributed by atoms with E-state index in [1.54, 1.807) is 0 Å². The number of hydrogen-bond donors (Lipinski definition) is 2. The summed E-state index contributed by atoms with van der Waals surface area (Å²) < 4.78 is 0. The molecule has 2 heterocycles. The molecule has 4 aromatic rings. The van der Waals surface area contributed by atoms with Crippen LogP contribution in [-0.4, -0.2) is 66.0 Å². The van der Waals surface area contributed by atoms with Crippen LogP contribution in [0.1, 0.15) is 17.3 Å². The van der Waals surface area contributed by atoms with E-state index < -0.39 is 0 Å². The Kier molecular flexibility index (Phi) is 8.56. The zero-order valence-electron chi connectivity index (χ0n) is 22.3. The Hall–Kier alpha value is -4.43. The van der Waals surface area contributed by atoms with Gasteiger partial charge in [-0.3, -0.25) is 9.59 Å². The molecule has 1 saturated heterocycles. The van der Waals surface area contributed by atoms with E-state index in [9.17, 15) is 9.59 Å². The molecular formula is C31H31ClN6O2. The molecule has 1 fully saturated rings. The zero-order valence-corrected chi connectivity index (χ0v) is 23.1. The Morgan fingerprint density at radius 3 is 2.12 bits per heavy atom. The van der Waals surface area contributed by atoms with Crippen LogP contribution in [0.4, 0.5) is 11.6 Å². The SMILES string of the molecule is CC(=O)NCCNc1cc(N2CCN(C(=O)c3ccc(-c4ccccc4)cc3)CC2)nc(-c2ccc(Cl)cc2)n1. The monoisotopic (exact) mass is 554 g/mol. The van der Waals surface area contributed by atoms with Crippen LogP contribution in [0.5, 0.6) is 0 Å². The van der Waals surface area contributed by atoms with Gasteiger partial charge in [0.05, 0.1) is 0 Å². The number of nitrogens with one attached hydrogen (secondary N) is 2. The van der Waals surface area contributed by atoms with Gasteiger partial charge >= 0.3 is 0 Å². The maximum absolute atomic E-state index is 13.2. The molecular weight excluding hydrogens is 524 g/mol. The van der Waals surface area contributed by atoms with E-state index in [1.807, 2.05) is 77.7 Å². The minimum Gasteiger partial charge on any atom is -0.368 e. The summed E-state index contributed by atoms with van der Waals surface area (Å²) in [5.41, 5.74) is 3.75. The summed E-state index contributed by atoms with van der Waals surface area (Å²) in [6.45, 7) is 4.98. The third-order valence-corrected chi connectivity index (χ3v) is 7.00. The van der Waals surface area contributed by atoms with Crippen molar-refractivity contribution in [1.29, 1.82) is 0 Å². The third-order valence-electron chi connectivity index (χ3n) is 6.75. The highest BCUT2D eigenvalue weighted by atomic mass is 35.5. The number of hydrogen-bond acceptors (Lipinski definition) is 6. The normalized spacial score (nSPS) is 13.2. The molecule has 0 atom stereocenters. The summed E-state index contributed by atoms with van der Waals surface area (Å²) in [6.07, 6.45) is 0. The summed E-state index contributed by atoms with van der Waals surface area (Å²) in [7, 11) is 0. The molecule has 8 nitrogen and oxygen atoms in total. The van der Waals surface area contributed by atoms with Crippen molar-refractivity contribution < 1.29 is 9.59 Å². The second-order valence-corrected chi connectivity index (χ2v) is 10.0. The molecule has 5 rings (SSSR count). The first-order valence-electron chi connectivity index (χ1n) is 13.3. The maximum Gasteiger partial charge on any atom is 0.253 e. The lowest BCUT2D eigenvalue weighted by Crippen LogP contribution is -2.49. The van der Waals surface area contributed by atoms with E-state index in [0.29, 0.717) is 61.5 Å². The lowest BCUT2D eigenvalue weighted by molar-refractivity contribution is -0.118. The summed E-state index contributed by atoms with van der Waals surface area (Å²) in [6, 6.07) is 27.3. The van der Waals surface area contributed by atoms with Crippen molar-refractivity contribution in [2.45, 2.75) is 6.92 Å². The number of amides is 2. The van der Waals surface area contributed by atoms with Gasteiger partial charge in [0.25, 0.3) is 5.91 Å². The average Bonchev–Trinajstić information content (AvgIpc) is 3.00. The van der Waals surface area contributed by atoms with Crippen molar-refractivity contribution in [2.24, 2.45) is 0 Å². The predicted octanol–water partition coefficient (Wildman–Crippen LogP) is 4.97. The Morgan fingerprint density at radius 2 is 1.45 bits per heavy atom. The second-order valence-electron chi connectivity index (χ2n) is 9.57. The van der Waals surface area contributed by atoms with Gasteiger partial charge in [0.15, 0.2) is 5.82 Å². The highest BCUT2D eigenvalue weighted by Gasteiger charge is 2.24. The largest absolute Gasteiger partial charge is 0.368 e. The molecule has 2 N–H and O–H groups in total. The van der Waals surface area contributed by atoms with Crippen LogP contribution in [0.3, 0.4) is 0 Å². The molecule has 9 heteroatoms. The molecule has 0 radical (unpaired) electrons. The quantitative estimate of drug-likeness (QED) is 0.299. The predicted molar refractivity (Wildman–Crippen MR) is 160 cm³/mol. The van der Waals surface area contributed by atoms with E-state index in [2.05, 4.69) is 32.7 Å². The zero-order chi connectivity index (χ0) is 27.9. The topological polar surface area (TPSA) is 90.5 Å². The minimum absolute atomic E-state index is 0.0316. The smallest absolute Gasteiger partial charge is 0.253 e. The highest BCUT2D eigenvalue weighted by molar-refractivity contribution is 6.30. The number of halogens is 1. The van der Waals surface area contributed by atoms with Crippen LogP contribution < -0.4 is 15.5 Å². The van der Waals surface area contributed by atoms with Crippen LogP contribution in [0, 0.1) is 0 Å². The van der Waals surface area contributed by atoms with E-state index in [4.69, 9.17) is 16.6 Å². The van der Waals surface area contributed by atoms with E-state index in [1.165, 1.54) is 6.92 Å². The summed E-state index contributed by atoms with van der Waals surface area (Å²) in [4.78, 5) is 38.0. The molecule has 204 valence electrons. The van der Waals surface area contributed by atoms with Crippen molar-refractivity contribution in [3.05, 3.63) is 95.5 Å². The van der Waals surface area contributed by atoms with Gasteiger partial charge in [0.2, 0.25) is 5.91 Å². The summed E-state index contributed by atoms with van der Waals surface area (Å²) >= 11 is 6.08. The second kappa shape index (κ2) is 12.6. The minimum atomic E-state index is -0.0772. The molecule has 0 unspecified atom stereocenters. The Morgan fingerprint density at radius 1 is 0.800 bits per heavy atom. The van der Waals surface area contributed by atoms with Gasteiger partial charge in [-0.2, -0.15) is 0 Å². The average molecular weight is 555 g/mol. The van der Waals surface area contributed by atoms with Gasteiger partial charge in [-0.05, 0) is 47.5 Å². The number of carbonyl (C=O) groups excluding carboxylic acids is 2. The molecule has 1 aliphatic rings. The first kappa shape index (κ1) is 27.1. The van der Waals surface area contributed by atoms with Crippen molar-refractivity contribution >= 4 is 35.1 Å². The van der Waals surface area contributed by atoms with Gasteiger partial charge in [-0.15, -0.1) is 0 Å². The Bertz CT molecular complexity index is 1450. The highest BCUT2D eigenvalue weighted by Crippen LogP contribution is 2.25. The first-order chi connectivity index (χ1) is 19.5. The van der Waals surface area contributed by atoms with Gasteiger partial charge in [-0.1, -0.05) is 54.1 Å². The van der Waals surface area contributed by atoms with Gasteiger partial charge in [-0.25, -0.2) is 9.97 Å². The molecule has 0 spiro atoms. The summed E-state index contributed by atoms with van der Waals surface area (Å²) in [5.74, 6) is 1.97. The molecule has 0 aliphatic carbocycles. The van der Waals surface area contributed by atoms with Crippen molar-refractivity contribution in [3.8, 4) is 22.5 Å². The van der Waals surface area contributed by atoms with Crippen LogP contribution in [0.25, 0.3) is 22.5 Å². The van der Waals surface area contributed by atoms with Gasteiger partial charge in [0.1, 0.15) is 11.6 Å². The maximum atomic E-state index is 13.2. The fourth-order valence-electron chi connectivity index (χ4n) is 4.60. The lowest BCUT2D eigenvalue weighted by Gasteiger charge is -2.35. The first-order valence-corrected chi connectivity index (χ1v) is 13.7. The Labute approximate surface area is 239 Å². The molecule has 0 saturated carbocycles. The molecule has 40 heavy (non-hydrogen) atoms. The fraction of sp³-hybridized carbons (Fsp3) is 0.226. The molecule has 0 bridgehead atoms. The van der Waals surface area contributed by atoms with E-state index in [-0.39, 0.29) is 11.8 Å². The molecule has 1 aliphatic heterocycles.